The summed E-state index contributed by atoms with van der Waals surface area (Å²) in [5.41, 5.74) is 3.09. The van der Waals surface area contributed by atoms with Gasteiger partial charge in [-0.25, -0.2) is 14.4 Å². The van der Waals surface area contributed by atoms with Crippen LogP contribution in [0.3, 0.4) is 0 Å². The normalized spacial score (nSPS) is 15.5. The number of amides is 1. The van der Waals surface area contributed by atoms with Gasteiger partial charge in [0.2, 0.25) is 11.7 Å². The van der Waals surface area contributed by atoms with E-state index >= 15 is 0 Å². The van der Waals surface area contributed by atoms with E-state index in [-0.39, 0.29) is 23.4 Å². The van der Waals surface area contributed by atoms with Crippen LogP contribution in [0.15, 0.2) is 77.7 Å². The molecular formula is C25H18FN5O2. The first-order valence-corrected chi connectivity index (χ1v) is 10.6. The maximum Gasteiger partial charge on any atom is 0.292 e. The van der Waals surface area contributed by atoms with Gasteiger partial charge in [-0.15, -0.1) is 0 Å². The van der Waals surface area contributed by atoms with E-state index in [9.17, 15) is 9.18 Å². The molecule has 2 aromatic carbocycles. The minimum absolute atomic E-state index is 0.110. The van der Waals surface area contributed by atoms with Crippen LogP contribution in [-0.4, -0.2) is 37.3 Å². The number of aromatic amines is 1. The van der Waals surface area contributed by atoms with E-state index in [0.29, 0.717) is 18.5 Å². The molecule has 1 aliphatic rings. The second-order valence-corrected chi connectivity index (χ2v) is 7.91. The van der Waals surface area contributed by atoms with Gasteiger partial charge in [0.15, 0.2) is 0 Å². The molecule has 0 unspecified atom stereocenters. The number of imidazole rings is 1. The van der Waals surface area contributed by atoms with Crippen molar-refractivity contribution in [3.63, 3.8) is 0 Å². The van der Waals surface area contributed by atoms with Crippen molar-refractivity contribution < 1.29 is 13.6 Å². The summed E-state index contributed by atoms with van der Waals surface area (Å²) in [6.07, 6.45) is 5.51. The summed E-state index contributed by atoms with van der Waals surface area (Å²) >= 11 is 0. The van der Waals surface area contributed by atoms with Crippen molar-refractivity contribution in [3.05, 3.63) is 102 Å². The van der Waals surface area contributed by atoms with Gasteiger partial charge in [0.1, 0.15) is 11.9 Å². The van der Waals surface area contributed by atoms with E-state index in [4.69, 9.17) is 4.42 Å². The van der Waals surface area contributed by atoms with Crippen LogP contribution in [0.1, 0.15) is 33.7 Å². The second-order valence-electron chi connectivity index (χ2n) is 7.91. The molecule has 1 N–H and O–H groups in total. The highest BCUT2D eigenvalue weighted by Crippen LogP contribution is 2.35. The first-order valence-electron chi connectivity index (χ1n) is 10.6. The summed E-state index contributed by atoms with van der Waals surface area (Å²) in [6.45, 7) is 0.472. The van der Waals surface area contributed by atoms with Gasteiger partial charge in [0, 0.05) is 35.8 Å². The fourth-order valence-corrected chi connectivity index (χ4v) is 4.29. The number of aromatic nitrogens is 4. The molecule has 8 heteroatoms. The lowest BCUT2D eigenvalue weighted by Gasteiger charge is -2.34. The molecule has 1 amide bonds. The SMILES string of the molecule is O=C(c1cnc(-c2ccc(F)cc2)o1)N1CCc2[nH]cnc2[C@H]1c1cc2ccccc2cn1. The number of nitrogens with one attached hydrogen (secondary N) is 1. The molecule has 1 aliphatic heterocycles. The summed E-state index contributed by atoms with van der Waals surface area (Å²) in [5.74, 6) is -0.282. The average molecular weight is 439 g/mol. The van der Waals surface area contributed by atoms with Crippen LogP contribution in [-0.2, 0) is 6.42 Å². The van der Waals surface area contributed by atoms with Gasteiger partial charge in [-0.05, 0) is 35.7 Å². The van der Waals surface area contributed by atoms with Gasteiger partial charge < -0.3 is 14.3 Å². The van der Waals surface area contributed by atoms with Crippen LogP contribution >= 0.6 is 0 Å². The highest BCUT2D eigenvalue weighted by atomic mass is 19.1. The molecule has 0 radical (unpaired) electrons. The van der Waals surface area contributed by atoms with Crippen LogP contribution in [0.25, 0.3) is 22.2 Å². The molecule has 4 heterocycles. The summed E-state index contributed by atoms with van der Waals surface area (Å²) < 4.78 is 19.0. The predicted octanol–water partition coefficient (Wildman–Crippen LogP) is 4.54. The molecule has 0 spiro atoms. The quantitative estimate of drug-likeness (QED) is 0.446. The van der Waals surface area contributed by atoms with Gasteiger partial charge in [0.25, 0.3) is 5.91 Å². The highest BCUT2D eigenvalue weighted by molar-refractivity contribution is 5.92. The number of hydrogen-bond acceptors (Lipinski definition) is 5. The molecule has 7 nitrogen and oxygen atoms in total. The third-order valence-electron chi connectivity index (χ3n) is 5.93. The largest absolute Gasteiger partial charge is 0.431 e. The Bertz CT molecular complexity index is 1470. The molecule has 5 aromatic rings. The second kappa shape index (κ2) is 7.67. The fraction of sp³-hybridized carbons (Fsp3) is 0.120. The minimum Gasteiger partial charge on any atom is -0.431 e. The molecule has 6 rings (SSSR count). The van der Waals surface area contributed by atoms with E-state index in [1.54, 1.807) is 23.4 Å². The summed E-state index contributed by atoms with van der Waals surface area (Å²) in [6, 6.07) is 15.3. The lowest BCUT2D eigenvalue weighted by Crippen LogP contribution is -2.41. The van der Waals surface area contributed by atoms with Gasteiger partial charge in [-0.2, -0.15) is 0 Å². The van der Waals surface area contributed by atoms with Crippen molar-refractivity contribution in [2.75, 3.05) is 6.54 Å². The fourth-order valence-electron chi connectivity index (χ4n) is 4.29. The Morgan fingerprint density at radius 1 is 1.03 bits per heavy atom. The van der Waals surface area contributed by atoms with Crippen molar-refractivity contribution in [3.8, 4) is 11.5 Å². The molecule has 0 aliphatic carbocycles. The summed E-state index contributed by atoms with van der Waals surface area (Å²) in [5, 5.41) is 2.06. The molecule has 33 heavy (non-hydrogen) atoms. The number of H-pyrrole nitrogens is 1. The highest BCUT2D eigenvalue weighted by Gasteiger charge is 2.36. The van der Waals surface area contributed by atoms with Crippen molar-refractivity contribution in [2.45, 2.75) is 12.5 Å². The first-order chi connectivity index (χ1) is 16.2. The smallest absolute Gasteiger partial charge is 0.292 e. The zero-order valence-corrected chi connectivity index (χ0v) is 17.4. The van der Waals surface area contributed by atoms with Crippen LogP contribution < -0.4 is 0 Å². The van der Waals surface area contributed by atoms with E-state index in [1.807, 2.05) is 36.5 Å². The van der Waals surface area contributed by atoms with Gasteiger partial charge in [-0.3, -0.25) is 9.78 Å². The number of fused-ring (bicyclic) bond motifs is 2. The number of rotatable bonds is 3. The lowest BCUT2D eigenvalue weighted by molar-refractivity contribution is 0.0655. The maximum atomic E-state index is 13.5. The van der Waals surface area contributed by atoms with Crippen molar-refractivity contribution in [2.24, 2.45) is 0 Å². The van der Waals surface area contributed by atoms with Crippen LogP contribution in [0, 0.1) is 5.82 Å². The first kappa shape index (κ1) is 19.4. The Kier molecular flexibility index (Phi) is 4.50. The number of carbonyl (C=O) groups is 1. The van der Waals surface area contributed by atoms with Crippen molar-refractivity contribution in [1.82, 2.24) is 24.8 Å². The van der Waals surface area contributed by atoms with E-state index < -0.39 is 6.04 Å². The monoisotopic (exact) mass is 439 g/mol. The molecule has 1 atom stereocenters. The minimum atomic E-state index is -0.462. The topological polar surface area (TPSA) is 87.9 Å². The van der Waals surface area contributed by atoms with Crippen LogP contribution in [0.5, 0.6) is 0 Å². The van der Waals surface area contributed by atoms with Crippen LogP contribution in [0.2, 0.25) is 0 Å². The van der Waals surface area contributed by atoms with Crippen molar-refractivity contribution >= 4 is 16.7 Å². The molecular weight excluding hydrogens is 421 g/mol. The number of oxazole rings is 1. The Hall–Kier alpha value is -4.33. The maximum absolute atomic E-state index is 13.5. The summed E-state index contributed by atoms with van der Waals surface area (Å²) in [7, 11) is 0. The average Bonchev–Trinajstić information content (AvgIpc) is 3.53. The number of nitrogens with zero attached hydrogens (tertiary/aromatic N) is 4. The molecule has 0 bridgehead atoms. The number of hydrogen-bond donors (Lipinski definition) is 1. The van der Waals surface area contributed by atoms with Crippen LogP contribution in [0.4, 0.5) is 4.39 Å². The number of pyridine rings is 1. The van der Waals surface area contributed by atoms with Crippen molar-refractivity contribution in [1.29, 1.82) is 0 Å². The van der Waals surface area contributed by atoms with Gasteiger partial charge in [-0.1, -0.05) is 24.3 Å². The van der Waals surface area contributed by atoms with E-state index in [0.717, 1.165) is 27.9 Å². The van der Waals surface area contributed by atoms with E-state index in [2.05, 4.69) is 19.9 Å². The number of benzene rings is 2. The number of halogens is 1. The lowest BCUT2D eigenvalue weighted by atomic mass is 9.97. The third-order valence-corrected chi connectivity index (χ3v) is 5.93. The Morgan fingerprint density at radius 2 is 1.85 bits per heavy atom. The standard InChI is InChI=1S/C25H18FN5O2/c26-18-7-5-15(6-8-18)24-28-13-21(33-24)25(32)31-10-9-19-22(30-14-29-19)23(31)20-11-16-3-1-2-4-17(16)12-27-20/h1-8,11-14,23H,9-10H2,(H,29,30)/t23-/m1/s1. The Balaban J connectivity index is 1.39. The zero-order chi connectivity index (χ0) is 22.4. The summed E-state index contributed by atoms with van der Waals surface area (Å²) in [4.78, 5) is 31.9. The molecule has 0 fully saturated rings. The number of carbonyl (C=O) groups excluding carboxylic acids is 1. The molecule has 0 saturated carbocycles. The molecule has 3 aromatic heterocycles. The third kappa shape index (κ3) is 3.36. The molecule has 0 saturated heterocycles. The Morgan fingerprint density at radius 3 is 2.70 bits per heavy atom. The Labute approximate surface area is 187 Å². The van der Waals surface area contributed by atoms with E-state index in [1.165, 1.54) is 18.3 Å². The van der Waals surface area contributed by atoms with Gasteiger partial charge in [0.05, 0.1) is 23.9 Å². The predicted molar refractivity (Wildman–Crippen MR) is 119 cm³/mol. The van der Waals surface area contributed by atoms with Gasteiger partial charge >= 0.3 is 0 Å². The zero-order valence-electron chi connectivity index (χ0n) is 17.4. The molecule has 162 valence electrons.